The molecular weight excluding hydrogens is 136 g/mol. The molecule has 0 aromatic rings. The minimum Gasteiger partial charge on any atom is -0.325 e. The third-order valence-corrected chi connectivity index (χ3v) is 0.701. The van der Waals surface area contributed by atoms with Crippen LogP contribution in [0.4, 0.5) is 4.79 Å². The summed E-state index contributed by atoms with van der Waals surface area (Å²) in [5, 5.41) is 4.10. The fourth-order valence-electron chi connectivity index (χ4n) is 0.315. The largest absolute Gasteiger partial charge is 0.325 e. The summed E-state index contributed by atoms with van der Waals surface area (Å²) in [4.78, 5) is 20.8. The van der Waals surface area contributed by atoms with Crippen molar-refractivity contribution in [3.8, 4) is 0 Å². The van der Waals surface area contributed by atoms with E-state index in [0.29, 0.717) is 0 Å². The van der Waals surface area contributed by atoms with Crippen molar-refractivity contribution in [1.29, 1.82) is 0 Å². The Kier molecular flexibility index (Phi) is 4.17. The van der Waals surface area contributed by atoms with Gasteiger partial charge < -0.3 is 16.8 Å². The van der Waals surface area contributed by atoms with E-state index in [1.807, 2.05) is 5.32 Å². The highest BCUT2D eigenvalue weighted by atomic mass is 16.2. The summed E-state index contributed by atoms with van der Waals surface area (Å²) in [7, 11) is 0. The Labute approximate surface area is 57.9 Å². The lowest BCUT2D eigenvalue weighted by Crippen LogP contribution is -2.44. The van der Waals surface area contributed by atoms with E-state index in [2.05, 4.69) is 5.32 Å². The number of nitrogens with one attached hydrogen (secondary N) is 2. The summed E-state index contributed by atoms with van der Waals surface area (Å²) in [6.07, 6.45) is 0. The van der Waals surface area contributed by atoms with Crippen molar-refractivity contribution < 1.29 is 9.59 Å². The molecule has 0 aliphatic carbocycles. The van der Waals surface area contributed by atoms with E-state index in [1.54, 1.807) is 0 Å². The maximum Gasteiger partial charge on any atom is 0.322 e. The van der Waals surface area contributed by atoms with Crippen molar-refractivity contribution in [2.24, 2.45) is 11.5 Å². The van der Waals surface area contributed by atoms with Gasteiger partial charge in [0.25, 0.3) is 0 Å². The molecule has 0 atom stereocenters. The minimum atomic E-state index is -0.627. The number of carbonyl (C=O) groups is 2. The van der Waals surface area contributed by atoms with Crippen LogP contribution in [0.25, 0.3) is 0 Å². The molecule has 6 nitrogen and oxygen atoms in total. The lowest BCUT2D eigenvalue weighted by molar-refractivity contribution is -0.118. The average molecular weight is 146 g/mol. The zero-order chi connectivity index (χ0) is 7.98. The summed E-state index contributed by atoms with van der Waals surface area (Å²) in [6.45, 7) is -0.221. The van der Waals surface area contributed by atoms with Crippen LogP contribution >= 0.6 is 0 Å². The Morgan fingerprint density at radius 3 is 2.30 bits per heavy atom. The number of amides is 3. The van der Waals surface area contributed by atoms with Crippen molar-refractivity contribution in [3.05, 3.63) is 0 Å². The van der Waals surface area contributed by atoms with E-state index in [0.717, 1.165) is 0 Å². The van der Waals surface area contributed by atoms with Gasteiger partial charge in [-0.1, -0.05) is 0 Å². The topological polar surface area (TPSA) is 110 Å². The Morgan fingerprint density at radius 1 is 1.30 bits per heavy atom. The van der Waals surface area contributed by atoms with Gasteiger partial charge in [0.2, 0.25) is 5.91 Å². The molecule has 0 bridgehead atoms. The Hall–Kier alpha value is -1.14. The normalized spacial score (nSPS) is 8.60. The van der Waals surface area contributed by atoms with Crippen LogP contribution in [0.15, 0.2) is 0 Å². The molecule has 0 aromatic carbocycles. The summed E-state index contributed by atoms with van der Waals surface area (Å²) in [5.41, 5.74) is 9.83. The van der Waals surface area contributed by atoms with Crippen LogP contribution in [0, 0.1) is 0 Å². The molecule has 0 radical (unpaired) electrons. The number of rotatable bonds is 2. The number of urea groups is 1. The molecule has 0 aliphatic heterocycles. The van der Waals surface area contributed by atoms with Crippen LogP contribution in [-0.4, -0.2) is 25.2 Å². The molecule has 0 saturated heterocycles. The van der Waals surface area contributed by atoms with E-state index >= 15 is 0 Å². The van der Waals surface area contributed by atoms with E-state index < -0.39 is 11.9 Å². The first-order valence-electron chi connectivity index (χ1n) is 2.68. The number of carbonyl (C=O) groups excluding carboxylic acids is 2. The van der Waals surface area contributed by atoms with Gasteiger partial charge in [0.15, 0.2) is 0 Å². The predicted molar refractivity (Wildman–Crippen MR) is 34.8 cm³/mol. The molecular formula is C4H10N4O2. The monoisotopic (exact) mass is 146 g/mol. The molecule has 0 fully saturated rings. The molecule has 0 spiro atoms. The molecule has 0 aromatic heterocycles. The van der Waals surface area contributed by atoms with Crippen LogP contribution < -0.4 is 22.1 Å². The fourth-order valence-corrected chi connectivity index (χ4v) is 0.315. The Bertz CT molecular complexity index is 135. The zero-order valence-electron chi connectivity index (χ0n) is 5.39. The fraction of sp³-hybridized carbons (Fsp3) is 0.500. The molecule has 0 rings (SSSR count). The van der Waals surface area contributed by atoms with Gasteiger partial charge in [-0.15, -0.1) is 0 Å². The maximum absolute atomic E-state index is 10.4. The van der Waals surface area contributed by atoms with Gasteiger partial charge in [-0.05, 0) is 0 Å². The second kappa shape index (κ2) is 4.71. The van der Waals surface area contributed by atoms with E-state index in [9.17, 15) is 9.59 Å². The molecule has 0 heterocycles. The lowest BCUT2D eigenvalue weighted by atomic mass is 10.6. The molecule has 58 valence electrons. The number of imide groups is 1. The van der Waals surface area contributed by atoms with Crippen molar-refractivity contribution in [2.75, 3.05) is 13.2 Å². The lowest BCUT2D eigenvalue weighted by Gasteiger charge is -2.01. The molecule has 3 amide bonds. The van der Waals surface area contributed by atoms with Crippen molar-refractivity contribution >= 4 is 11.9 Å². The first-order valence-corrected chi connectivity index (χ1v) is 2.68. The molecule has 0 aliphatic rings. The van der Waals surface area contributed by atoms with Gasteiger partial charge in [0, 0.05) is 0 Å². The molecule has 6 N–H and O–H groups in total. The highest BCUT2D eigenvalue weighted by Gasteiger charge is 2.01. The molecule has 0 saturated carbocycles. The molecule has 0 unspecified atom stereocenters. The van der Waals surface area contributed by atoms with Crippen LogP contribution in [0.1, 0.15) is 0 Å². The second-order valence-electron chi connectivity index (χ2n) is 1.46. The highest BCUT2D eigenvalue weighted by Crippen LogP contribution is 1.61. The predicted octanol–water partition coefficient (Wildman–Crippen LogP) is -2.31. The summed E-state index contributed by atoms with van der Waals surface area (Å²) in [5.74, 6) is -0.536. The zero-order valence-corrected chi connectivity index (χ0v) is 5.39. The van der Waals surface area contributed by atoms with Crippen molar-refractivity contribution in [1.82, 2.24) is 10.6 Å². The van der Waals surface area contributed by atoms with Gasteiger partial charge >= 0.3 is 6.03 Å². The van der Waals surface area contributed by atoms with E-state index in [1.165, 1.54) is 0 Å². The van der Waals surface area contributed by atoms with E-state index in [4.69, 9.17) is 11.5 Å². The Morgan fingerprint density at radius 2 is 1.90 bits per heavy atom. The van der Waals surface area contributed by atoms with Gasteiger partial charge in [0.1, 0.15) is 0 Å². The molecule has 6 heteroatoms. The van der Waals surface area contributed by atoms with Gasteiger partial charge in [-0.3, -0.25) is 10.1 Å². The summed E-state index contributed by atoms with van der Waals surface area (Å²) >= 11 is 0. The number of hydrogen-bond donors (Lipinski definition) is 4. The summed E-state index contributed by atoms with van der Waals surface area (Å²) < 4.78 is 0. The highest BCUT2D eigenvalue weighted by molar-refractivity contribution is 5.95. The number of hydrogen-bond acceptors (Lipinski definition) is 4. The first-order chi connectivity index (χ1) is 4.70. The SMILES string of the molecule is NCNC(=O)NC(=O)CN. The Balaban J connectivity index is 3.47. The third-order valence-electron chi connectivity index (χ3n) is 0.701. The third kappa shape index (κ3) is 3.81. The summed E-state index contributed by atoms with van der Waals surface area (Å²) in [6, 6.07) is -0.627. The van der Waals surface area contributed by atoms with Crippen LogP contribution in [0.2, 0.25) is 0 Å². The maximum atomic E-state index is 10.4. The minimum absolute atomic E-state index is 0.0102. The second-order valence-corrected chi connectivity index (χ2v) is 1.46. The van der Waals surface area contributed by atoms with Crippen LogP contribution in [0.3, 0.4) is 0 Å². The average Bonchev–Trinajstić information content (AvgIpc) is 1.88. The van der Waals surface area contributed by atoms with E-state index in [-0.39, 0.29) is 13.2 Å². The first kappa shape index (κ1) is 8.86. The standard InChI is InChI=1S/C4H10N4O2/c5-1-3(9)8-4(10)7-2-6/h1-2,5-6H2,(H2,7,8,9,10). The quantitative estimate of drug-likeness (QED) is 0.328. The smallest absolute Gasteiger partial charge is 0.322 e. The van der Waals surface area contributed by atoms with Crippen molar-refractivity contribution in [3.63, 3.8) is 0 Å². The van der Waals surface area contributed by atoms with Crippen molar-refractivity contribution in [2.45, 2.75) is 0 Å². The van der Waals surface area contributed by atoms with Gasteiger partial charge in [0.05, 0.1) is 13.2 Å². The van der Waals surface area contributed by atoms with Gasteiger partial charge in [-0.25, -0.2) is 4.79 Å². The van der Waals surface area contributed by atoms with Crippen LogP contribution in [0.5, 0.6) is 0 Å². The van der Waals surface area contributed by atoms with Crippen LogP contribution in [-0.2, 0) is 4.79 Å². The molecule has 10 heavy (non-hydrogen) atoms. The van der Waals surface area contributed by atoms with Gasteiger partial charge in [-0.2, -0.15) is 0 Å². The number of nitrogens with two attached hydrogens (primary N) is 2.